The monoisotopic (exact) mass is 695 g/mol. The number of benzene rings is 2. The second kappa shape index (κ2) is 13.1. The lowest BCUT2D eigenvalue weighted by Gasteiger charge is -2.38. The van der Waals surface area contributed by atoms with Crippen LogP contribution >= 0.6 is 11.8 Å². The van der Waals surface area contributed by atoms with Gasteiger partial charge in [-0.3, -0.25) is 49.4 Å². The number of hydrogen-bond acceptors (Lipinski definition) is 11. The number of anilines is 2. The van der Waals surface area contributed by atoms with Crippen LogP contribution in [0.4, 0.5) is 17.1 Å². The van der Waals surface area contributed by atoms with E-state index in [2.05, 4.69) is 43.2 Å². The van der Waals surface area contributed by atoms with Gasteiger partial charge in [-0.25, -0.2) is 0 Å². The maximum Gasteiger partial charge on any atom is 0.288 e. The molecule has 0 spiro atoms. The highest BCUT2D eigenvalue weighted by molar-refractivity contribution is 7.99. The predicted octanol–water partition coefficient (Wildman–Crippen LogP) is 3.88. The molecular formula is C36H37N7O6S. The minimum absolute atomic E-state index is 0.0249. The number of pyridine rings is 1. The van der Waals surface area contributed by atoms with Crippen LogP contribution in [0.5, 0.6) is 0 Å². The molecule has 5 aliphatic heterocycles. The van der Waals surface area contributed by atoms with E-state index in [1.807, 2.05) is 6.07 Å². The van der Waals surface area contributed by atoms with E-state index >= 15 is 0 Å². The van der Waals surface area contributed by atoms with Crippen LogP contribution in [0.3, 0.4) is 0 Å². The SMILES string of the molecule is O=C1CCC(N2C(=O)c3ccc(N4CCN(CCC5CCN(c6ccc7c(c6)Sc6cc([N+](=O)[O-])cnc6C7)CC5)CC4)cc3C2=O)C(=O)N1. The van der Waals surface area contributed by atoms with Crippen LogP contribution < -0.4 is 15.1 Å². The molecule has 0 bridgehead atoms. The zero-order valence-corrected chi connectivity index (χ0v) is 28.3. The summed E-state index contributed by atoms with van der Waals surface area (Å²) >= 11 is 1.57. The molecule has 1 atom stereocenters. The third kappa shape index (κ3) is 6.10. The molecule has 14 heteroatoms. The Morgan fingerprint density at radius 3 is 2.32 bits per heavy atom. The molecule has 0 saturated carbocycles. The van der Waals surface area contributed by atoms with Gasteiger partial charge in [-0.1, -0.05) is 17.8 Å². The standard InChI is InChI=1S/C36H37N7O6S/c44-33-6-5-30(34(45)38-33)42-35(46)27-4-3-24(18-28(27)36(42)47)41-15-13-39(14-16-41)10-7-22-8-11-40(12-9-22)25-2-1-23-17-29-32(50-31(23)19-25)20-26(21-37-29)43(48)49/h1-4,18-22,30H,5-17H2,(H,38,44,45). The summed E-state index contributed by atoms with van der Waals surface area (Å²) in [5, 5.41) is 13.5. The number of piperidine rings is 2. The zero-order chi connectivity index (χ0) is 34.5. The van der Waals surface area contributed by atoms with Crippen LogP contribution in [0.15, 0.2) is 58.5 Å². The lowest BCUT2D eigenvalue weighted by molar-refractivity contribution is -0.385. The molecule has 5 aliphatic rings. The Balaban J connectivity index is 0.809. The predicted molar refractivity (Wildman–Crippen MR) is 186 cm³/mol. The first-order valence-electron chi connectivity index (χ1n) is 17.2. The zero-order valence-electron chi connectivity index (χ0n) is 27.5. The number of nitrogens with zero attached hydrogens (tertiary/aromatic N) is 6. The molecule has 258 valence electrons. The number of piperazine rings is 1. The Bertz CT molecular complexity index is 1920. The number of nitrogens with one attached hydrogen (secondary N) is 1. The molecule has 1 N–H and O–H groups in total. The molecule has 1 aromatic heterocycles. The summed E-state index contributed by atoms with van der Waals surface area (Å²) in [4.78, 5) is 75.7. The van der Waals surface area contributed by atoms with Crippen molar-refractivity contribution in [3.05, 3.63) is 81.2 Å². The molecule has 50 heavy (non-hydrogen) atoms. The molecule has 4 amide bonds. The Kier molecular flexibility index (Phi) is 8.51. The number of rotatable bonds is 7. The molecule has 8 rings (SSSR count). The van der Waals surface area contributed by atoms with Gasteiger partial charge in [0.1, 0.15) is 12.2 Å². The third-order valence-corrected chi connectivity index (χ3v) is 11.9. The molecule has 6 heterocycles. The Labute approximate surface area is 293 Å². The van der Waals surface area contributed by atoms with E-state index in [4.69, 9.17) is 0 Å². The van der Waals surface area contributed by atoms with Gasteiger partial charge in [0.15, 0.2) is 0 Å². The van der Waals surface area contributed by atoms with E-state index in [-0.39, 0.29) is 24.4 Å². The van der Waals surface area contributed by atoms with Crippen molar-refractivity contribution in [2.24, 2.45) is 5.92 Å². The number of nitro groups is 1. The van der Waals surface area contributed by atoms with Gasteiger partial charge in [-0.2, -0.15) is 0 Å². The largest absolute Gasteiger partial charge is 0.371 e. The van der Waals surface area contributed by atoms with Crippen LogP contribution in [0.25, 0.3) is 0 Å². The highest BCUT2D eigenvalue weighted by Crippen LogP contribution is 2.42. The average molecular weight is 696 g/mol. The van der Waals surface area contributed by atoms with Crippen molar-refractivity contribution < 1.29 is 24.1 Å². The van der Waals surface area contributed by atoms with E-state index in [1.54, 1.807) is 30.0 Å². The van der Waals surface area contributed by atoms with Crippen molar-refractivity contribution in [1.29, 1.82) is 0 Å². The Morgan fingerprint density at radius 1 is 0.840 bits per heavy atom. The molecule has 0 aliphatic carbocycles. The van der Waals surface area contributed by atoms with Crippen molar-refractivity contribution in [2.45, 2.75) is 54.4 Å². The summed E-state index contributed by atoms with van der Waals surface area (Å²) < 4.78 is 0. The van der Waals surface area contributed by atoms with Gasteiger partial charge in [0.25, 0.3) is 17.5 Å². The maximum atomic E-state index is 13.3. The second-order valence-corrected chi connectivity index (χ2v) is 14.8. The van der Waals surface area contributed by atoms with Crippen LogP contribution in [0.1, 0.15) is 64.1 Å². The van der Waals surface area contributed by atoms with Gasteiger partial charge in [0.2, 0.25) is 11.8 Å². The molecule has 3 aromatic rings. The van der Waals surface area contributed by atoms with E-state index < -0.39 is 28.7 Å². The van der Waals surface area contributed by atoms with Crippen LogP contribution in [-0.2, 0) is 16.0 Å². The number of imide groups is 2. The van der Waals surface area contributed by atoms with Crippen molar-refractivity contribution >= 4 is 52.5 Å². The lowest BCUT2D eigenvalue weighted by Crippen LogP contribution is -2.54. The van der Waals surface area contributed by atoms with Gasteiger partial charge in [-0.15, -0.1) is 0 Å². The molecule has 2 aromatic carbocycles. The summed E-state index contributed by atoms with van der Waals surface area (Å²) in [5.74, 6) is -1.28. The summed E-state index contributed by atoms with van der Waals surface area (Å²) in [6.45, 7) is 6.53. The summed E-state index contributed by atoms with van der Waals surface area (Å²) in [6.07, 6.45) is 5.70. The minimum Gasteiger partial charge on any atom is -0.371 e. The van der Waals surface area contributed by atoms with Crippen molar-refractivity contribution in [3.8, 4) is 0 Å². The Morgan fingerprint density at radius 2 is 1.56 bits per heavy atom. The van der Waals surface area contributed by atoms with Crippen molar-refractivity contribution in [3.63, 3.8) is 0 Å². The van der Waals surface area contributed by atoms with E-state index in [0.29, 0.717) is 23.5 Å². The summed E-state index contributed by atoms with van der Waals surface area (Å²) in [6, 6.07) is 12.6. The van der Waals surface area contributed by atoms with Gasteiger partial charge >= 0.3 is 0 Å². The first-order valence-corrected chi connectivity index (χ1v) is 18.1. The molecule has 3 saturated heterocycles. The fraction of sp³-hybridized carbons (Fsp3) is 0.417. The molecule has 3 fully saturated rings. The summed E-state index contributed by atoms with van der Waals surface area (Å²) in [5.41, 5.74) is 4.83. The number of amides is 4. The third-order valence-electron chi connectivity index (χ3n) is 10.7. The first-order chi connectivity index (χ1) is 24.2. The minimum atomic E-state index is -0.964. The van der Waals surface area contributed by atoms with E-state index in [1.165, 1.54) is 17.4 Å². The number of carbonyl (C=O) groups is 4. The smallest absolute Gasteiger partial charge is 0.288 e. The van der Waals surface area contributed by atoms with E-state index in [9.17, 15) is 29.3 Å². The Hall–Kier alpha value is -4.82. The molecule has 1 unspecified atom stereocenters. The molecule has 13 nitrogen and oxygen atoms in total. The van der Waals surface area contributed by atoms with Crippen LogP contribution in [0, 0.1) is 16.0 Å². The van der Waals surface area contributed by atoms with E-state index in [0.717, 1.165) is 91.1 Å². The van der Waals surface area contributed by atoms with Gasteiger partial charge < -0.3 is 9.80 Å². The highest BCUT2D eigenvalue weighted by Gasteiger charge is 2.44. The van der Waals surface area contributed by atoms with Crippen molar-refractivity contribution in [1.82, 2.24) is 20.1 Å². The number of fused-ring (bicyclic) bond motifs is 3. The molecule has 0 radical (unpaired) electrons. The summed E-state index contributed by atoms with van der Waals surface area (Å²) in [7, 11) is 0. The fourth-order valence-electron chi connectivity index (χ4n) is 7.79. The average Bonchev–Trinajstić information content (AvgIpc) is 3.37. The fourth-order valence-corrected chi connectivity index (χ4v) is 8.90. The second-order valence-electron chi connectivity index (χ2n) is 13.7. The van der Waals surface area contributed by atoms with Gasteiger partial charge in [0, 0.05) is 79.3 Å². The van der Waals surface area contributed by atoms with Crippen LogP contribution in [-0.4, -0.2) is 95.2 Å². The first kappa shape index (κ1) is 32.4. The number of aromatic nitrogens is 1. The topological polar surface area (TPSA) is 149 Å². The normalized spacial score (nSPS) is 21.2. The van der Waals surface area contributed by atoms with Crippen molar-refractivity contribution in [2.75, 3.05) is 55.6 Å². The molecular weight excluding hydrogens is 659 g/mol. The maximum absolute atomic E-state index is 13.3. The number of carbonyl (C=O) groups excluding carboxylic acids is 4. The highest BCUT2D eigenvalue weighted by atomic mass is 32.2. The van der Waals surface area contributed by atoms with Crippen LogP contribution in [0.2, 0.25) is 0 Å². The van der Waals surface area contributed by atoms with Gasteiger partial charge in [-0.05, 0) is 74.0 Å². The quantitative estimate of drug-likeness (QED) is 0.171. The lowest BCUT2D eigenvalue weighted by atomic mass is 9.92. The number of hydrogen-bond donors (Lipinski definition) is 1. The van der Waals surface area contributed by atoms with Gasteiger partial charge in [0.05, 0.1) is 21.7 Å².